The number of Topliss-reactive ketones (excluding diaryl/α,β-unsaturated/α-hetero) is 1. The predicted molar refractivity (Wildman–Crippen MR) is 76.2 cm³/mol. The molecule has 1 heterocycles. The molecule has 1 unspecified atom stereocenters. The van der Waals surface area contributed by atoms with Crippen LogP contribution in [0.15, 0.2) is 33.6 Å². The molecule has 4 nitrogen and oxygen atoms in total. The molecule has 6 heteroatoms. The number of rotatable bonds is 3. The monoisotopic (exact) mass is 343 g/mol. The highest BCUT2D eigenvalue weighted by molar-refractivity contribution is 9.10. The fraction of sp³-hybridized carbons (Fsp3) is 0.385. The highest BCUT2D eigenvalue weighted by Gasteiger charge is 2.22. The molecule has 1 aromatic carbocycles. The third-order valence-electron chi connectivity index (χ3n) is 3.00. The van der Waals surface area contributed by atoms with Gasteiger partial charge in [0.05, 0.1) is 10.8 Å². The Labute approximate surface area is 122 Å². The van der Waals surface area contributed by atoms with Crippen LogP contribution in [0.1, 0.15) is 12.8 Å². The number of carbonyl (C=O) groups excluding carboxylic acids is 2. The van der Waals surface area contributed by atoms with Crippen molar-refractivity contribution in [2.45, 2.75) is 17.7 Å². The maximum atomic E-state index is 12.1. The van der Waals surface area contributed by atoms with E-state index in [0.717, 1.165) is 4.47 Å². The van der Waals surface area contributed by atoms with E-state index < -0.39 is 10.8 Å². The van der Waals surface area contributed by atoms with Gasteiger partial charge in [-0.15, -0.1) is 0 Å². The summed E-state index contributed by atoms with van der Waals surface area (Å²) >= 11 is 3.31. The van der Waals surface area contributed by atoms with E-state index in [0.29, 0.717) is 30.8 Å². The molecule has 1 aliphatic heterocycles. The third-order valence-corrected chi connectivity index (χ3v) is 4.84. The molecular formula is C13H14BrNO3S. The number of benzene rings is 1. The molecule has 0 aliphatic carbocycles. The van der Waals surface area contributed by atoms with Gasteiger partial charge >= 0.3 is 0 Å². The molecule has 0 bridgehead atoms. The van der Waals surface area contributed by atoms with Crippen LogP contribution in [0.3, 0.4) is 0 Å². The van der Waals surface area contributed by atoms with E-state index in [9.17, 15) is 13.8 Å². The topological polar surface area (TPSA) is 54.5 Å². The minimum Gasteiger partial charge on any atom is -0.341 e. The lowest BCUT2D eigenvalue weighted by atomic mass is 10.1. The van der Waals surface area contributed by atoms with Gasteiger partial charge in [0.15, 0.2) is 0 Å². The summed E-state index contributed by atoms with van der Waals surface area (Å²) in [4.78, 5) is 25.3. The zero-order chi connectivity index (χ0) is 13.8. The molecule has 102 valence electrons. The zero-order valence-corrected chi connectivity index (χ0v) is 12.7. The maximum Gasteiger partial charge on any atom is 0.235 e. The number of piperidine rings is 1. The van der Waals surface area contributed by atoms with Crippen molar-refractivity contribution in [1.82, 2.24) is 4.90 Å². The van der Waals surface area contributed by atoms with Crippen molar-refractivity contribution in [3.63, 3.8) is 0 Å². The first kappa shape index (κ1) is 14.4. The molecule has 1 saturated heterocycles. The number of likely N-dealkylation sites (tertiary alicyclic amines) is 1. The van der Waals surface area contributed by atoms with Gasteiger partial charge in [-0.1, -0.05) is 15.9 Å². The molecule has 0 N–H and O–H groups in total. The molecule has 2 rings (SSSR count). The fourth-order valence-electron chi connectivity index (χ4n) is 1.88. The van der Waals surface area contributed by atoms with Crippen LogP contribution in [0.4, 0.5) is 0 Å². The number of hydrogen-bond donors (Lipinski definition) is 0. The summed E-state index contributed by atoms with van der Waals surface area (Å²) in [5.74, 6) is 0.0300. The second-order valence-corrected chi connectivity index (χ2v) is 6.73. The van der Waals surface area contributed by atoms with Gasteiger partial charge in [0.25, 0.3) is 0 Å². The van der Waals surface area contributed by atoms with Gasteiger partial charge in [-0.25, -0.2) is 0 Å². The van der Waals surface area contributed by atoms with Crippen LogP contribution in [-0.2, 0) is 20.4 Å². The molecule has 1 atom stereocenters. The Bertz CT molecular complexity index is 505. The number of carbonyl (C=O) groups is 2. The summed E-state index contributed by atoms with van der Waals surface area (Å²) in [7, 11) is -1.33. The van der Waals surface area contributed by atoms with Gasteiger partial charge < -0.3 is 4.90 Å². The molecule has 0 aromatic heterocycles. The molecule has 1 fully saturated rings. The Hall–Kier alpha value is -1.01. The SMILES string of the molecule is O=C1CCN(C(=O)CS(=O)c2ccc(Br)cc2)CC1. The van der Waals surface area contributed by atoms with Gasteiger partial charge in [0.2, 0.25) is 5.91 Å². The Balaban J connectivity index is 1.93. The third kappa shape index (κ3) is 3.98. The maximum absolute atomic E-state index is 12.1. The van der Waals surface area contributed by atoms with Gasteiger partial charge in [-0.3, -0.25) is 13.8 Å². The summed E-state index contributed by atoms with van der Waals surface area (Å²) in [6, 6.07) is 7.09. The van der Waals surface area contributed by atoms with Crippen molar-refractivity contribution >= 4 is 38.4 Å². The average molecular weight is 344 g/mol. The standard InChI is InChI=1S/C13H14BrNO3S/c14-10-1-3-12(4-2-10)19(18)9-13(17)15-7-5-11(16)6-8-15/h1-4H,5-9H2. The van der Waals surface area contributed by atoms with Crippen LogP contribution in [-0.4, -0.2) is 39.6 Å². The second-order valence-electron chi connectivity index (χ2n) is 4.36. The largest absolute Gasteiger partial charge is 0.341 e. The van der Waals surface area contributed by atoms with Crippen LogP contribution in [0.5, 0.6) is 0 Å². The first-order valence-corrected chi connectivity index (χ1v) is 8.11. The lowest BCUT2D eigenvalue weighted by Gasteiger charge is -2.25. The Morgan fingerprint density at radius 1 is 1.21 bits per heavy atom. The van der Waals surface area contributed by atoms with Crippen molar-refractivity contribution in [3.8, 4) is 0 Å². The molecule has 1 amide bonds. The van der Waals surface area contributed by atoms with Crippen LogP contribution >= 0.6 is 15.9 Å². The average Bonchev–Trinajstić information content (AvgIpc) is 2.40. The van der Waals surface area contributed by atoms with Crippen LogP contribution in [0.25, 0.3) is 0 Å². The van der Waals surface area contributed by atoms with Gasteiger partial charge in [-0.05, 0) is 24.3 Å². The fourth-order valence-corrected chi connectivity index (χ4v) is 3.16. The molecular weight excluding hydrogens is 330 g/mol. The Kier molecular flexibility index (Phi) is 4.87. The van der Waals surface area contributed by atoms with Crippen molar-refractivity contribution in [3.05, 3.63) is 28.7 Å². The highest BCUT2D eigenvalue weighted by Crippen LogP contribution is 2.14. The second kappa shape index (κ2) is 6.43. The van der Waals surface area contributed by atoms with E-state index in [1.807, 2.05) is 0 Å². The number of amides is 1. The van der Waals surface area contributed by atoms with E-state index in [-0.39, 0.29) is 17.4 Å². The molecule has 1 aliphatic rings. The predicted octanol–water partition coefficient (Wildman–Crippen LogP) is 1.75. The first-order chi connectivity index (χ1) is 9.06. The van der Waals surface area contributed by atoms with Crippen molar-refractivity contribution in [2.75, 3.05) is 18.8 Å². The zero-order valence-electron chi connectivity index (χ0n) is 10.3. The normalized spacial score (nSPS) is 17.3. The first-order valence-electron chi connectivity index (χ1n) is 5.99. The summed E-state index contributed by atoms with van der Waals surface area (Å²) in [5.41, 5.74) is 0. The number of hydrogen-bond acceptors (Lipinski definition) is 3. The van der Waals surface area contributed by atoms with Crippen molar-refractivity contribution < 1.29 is 13.8 Å². The van der Waals surface area contributed by atoms with Gasteiger partial charge in [0, 0.05) is 35.3 Å². The summed E-state index contributed by atoms with van der Waals surface area (Å²) in [5, 5.41) is 0. The molecule has 0 spiro atoms. The van der Waals surface area contributed by atoms with Gasteiger partial charge in [-0.2, -0.15) is 0 Å². The molecule has 0 saturated carbocycles. The Morgan fingerprint density at radius 2 is 1.79 bits per heavy atom. The smallest absolute Gasteiger partial charge is 0.235 e. The van der Waals surface area contributed by atoms with E-state index in [1.54, 1.807) is 29.2 Å². The summed E-state index contributed by atoms with van der Waals surface area (Å²) in [6.07, 6.45) is 0.827. The lowest BCUT2D eigenvalue weighted by molar-refractivity contribution is -0.132. The number of halogens is 1. The quantitative estimate of drug-likeness (QED) is 0.840. The Morgan fingerprint density at radius 3 is 2.37 bits per heavy atom. The number of nitrogens with zero attached hydrogens (tertiary/aromatic N) is 1. The van der Waals surface area contributed by atoms with E-state index in [2.05, 4.69) is 15.9 Å². The van der Waals surface area contributed by atoms with Crippen molar-refractivity contribution in [1.29, 1.82) is 0 Å². The minimum absolute atomic E-state index is 0.0180. The highest BCUT2D eigenvalue weighted by atomic mass is 79.9. The van der Waals surface area contributed by atoms with Crippen LogP contribution in [0, 0.1) is 0 Å². The van der Waals surface area contributed by atoms with Crippen molar-refractivity contribution in [2.24, 2.45) is 0 Å². The lowest BCUT2D eigenvalue weighted by Crippen LogP contribution is -2.40. The minimum atomic E-state index is -1.33. The van der Waals surface area contributed by atoms with E-state index in [4.69, 9.17) is 0 Å². The summed E-state index contributed by atoms with van der Waals surface area (Å²) in [6.45, 7) is 0.907. The van der Waals surface area contributed by atoms with Crippen LogP contribution < -0.4 is 0 Å². The molecule has 19 heavy (non-hydrogen) atoms. The van der Waals surface area contributed by atoms with Crippen LogP contribution in [0.2, 0.25) is 0 Å². The van der Waals surface area contributed by atoms with Gasteiger partial charge in [0.1, 0.15) is 11.5 Å². The van der Waals surface area contributed by atoms with E-state index in [1.165, 1.54) is 0 Å². The number of ketones is 1. The summed E-state index contributed by atoms with van der Waals surface area (Å²) < 4.78 is 13.0. The van der Waals surface area contributed by atoms with E-state index >= 15 is 0 Å². The molecule has 0 radical (unpaired) electrons. The molecule has 1 aromatic rings.